The van der Waals surface area contributed by atoms with Gasteiger partial charge in [0.2, 0.25) is 0 Å². The molecule has 0 fully saturated rings. The molecular formula is C10H14O3. The van der Waals surface area contributed by atoms with Gasteiger partial charge in [0.1, 0.15) is 5.75 Å². The Morgan fingerprint density at radius 2 is 1.92 bits per heavy atom. The molecule has 3 nitrogen and oxygen atoms in total. The third-order valence-corrected chi connectivity index (χ3v) is 1.90. The Labute approximate surface area is 77.6 Å². The Kier molecular flexibility index (Phi) is 3.73. The van der Waals surface area contributed by atoms with Crippen LogP contribution in [-0.4, -0.2) is 23.9 Å². The van der Waals surface area contributed by atoms with Crippen LogP contribution in [0, 0.1) is 0 Å². The van der Waals surface area contributed by atoms with Crippen molar-refractivity contribution in [2.45, 2.75) is 12.5 Å². The first-order chi connectivity index (χ1) is 6.27. The summed E-state index contributed by atoms with van der Waals surface area (Å²) in [5, 5.41) is 18.1. The molecule has 13 heavy (non-hydrogen) atoms. The Morgan fingerprint density at radius 3 is 2.38 bits per heavy atom. The molecule has 0 saturated heterocycles. The van der Waals surface area contributed by atoms with Gasteiger partial charge in [-0.15, -0.1) is 0 Å². The molecule has 0 unspecified atom stereocenters. The number of aliphatic hydroxyl groups is 2. The van der Waals surface area contributed by atoms with E-state index < -0.39 is 6.10 Å². The van der Waals surface area contributed by atoms with E-state index in [4.69, 9.17) is 9.84 Å². The monoisotopic (exact) mass is 182 g/mol. The van der Waals surface area contributed by atoms with Crippen molar-refractivity contribution in [1.82, 2.24) is 0 Å². The van der Waals surface area contributed by atoms with Gasteiger partial charge < -0.3 is 14.9 Å². The molecule has 0 amide bonds. The summed E-state index contributed by atoms with van der Waals surface area (Å²) in [5.74, 6) is 0.764. The lowest BCUT2D eigenvalue weighted by atomic mass is 10.1. The average molecular weight is 182 g/mol. The van der Waals surface area contributed by atoms with Gasteiger partial charge in [0, 0.05) is 13.0 Å². The summed E-state index contributed by atoms with van der Waals surface area (Å²) in [6.45, 7) is -0.00675. The van der Waals surface area contributed by atoms with Crippen molar-refractivity contribution < 1.29 is 14.9 Å². The zero-order chi connectivity index (χ0) is 9.68. The van der Waals surface area contributed by atoms with Crippen molar-refractivity contribution in [2.24, 2.45) is 0 Å². The number of rotatable bonds is 4. The van der Waals surface area contributed by atoms with E-state index in [0.29, 0.717) is 6.42 Å². The minimum atomic E-state index is -0.587. The molecule has 0 radical (unpaired) electrons. The Balaban J connectivity index is 2.67. The highest BCUT2D eigenvalue weighted by Crippen LogP contribution is 2.19. The summed E-state index contributed by atoms with van der Waals surface area (Å²) in [7, 11) is 1.60. The summed E-state index contributed by atoms with van der Waals surface area (Å²) in [6, 6.07) is 7.16. The van der Waals surface area contributed by atoms with Gasteiger partial charge in [-0.1, -0.05) is 12.1 Å². The highest BCUT2D eigenvalue weighted by molar-refractivity contribution is 5.28. The molecule has 0 aromatic heterocycles. The number of hydrogen-bond donors (Lipinski definition) is 2. The number of aliphatic hydroxyl groups excluding tert-OH is 2. The number of methoxy groups -OCH3 is 1. The van der Waals surface area contributed by atoms with Gasteiger partial charge in [-0.05, 0) is 17.7 Å². The van der Waals surface area contributed by atoms with Crippen LogP contribution in [0.2, 0.25) is 0 Å². The molecule has 2 N–H and O–H groups in total. The summed E-state index contributed by atoms with van der Waals surface area (Å²) < 4.78 is 4.98. The number of hydrogen-bond acceptors (Lipinski definition) is 3. The lowest BCUT2D eigenvalue weighted by Gasteiger charge is -2.09. The lowest BCUT2D eigenvalue weighted by Crippen LogP contribution is -1.99. The molecule has 0 aliphatic heterocycles. The molecule has 0 aliphatic carbocycles. The molecule has 0 saturated carbocycles. The molecule has 0 spiro atoms. The molecule has 1 aromatic carbocycles. The van der Waals surface area contributed by atoms with Crippen molar-refractivity contribution in [1.29, 1.82) is 0 Å². The predicted octanol–water partition coefficient (Wildman–Crippen LogP) is 1.11. The van der Waals surface area contributed by atoms with Crippen LogP contribution in [0.4, 0.5) is 0 Å². The van der Waals surface area contributed by atoms with Crippen LogP contribution in [0.5, 0.6) is 5.75 Å². The van der Waals surface area contributed by atoms with Gasteiger partial charge in [0.05, 0.1) is 13.2 Å². The standard InChI is InChI=1S/C10H14O3/c1-13-9-4-2-8(3-5-9)10(12)6-7-11/h2-5,10-12H,6-7H2,1H3/t10-/m0/s1. The van der Waals surface area contributed by atoms with Gasteiger partial charge in [0.25, 0.3) is 0 Å². The Morgan fingerprint density at radius 1 is 1.31 bits per heavy atom. The minimum Gasteiger partial charge on any atom is -0.497 e. The summed E-state index contributed by atoms with van der Waals surface area (Å²) >= 11 is 0. The van der Waals surface area contributed by atoms with E-state index in [0.717, 1.165) is 11.3 Å². The van der Waals surface area contributed by atoms with E-state index in [2.05, 4.69) is 0 Å². The van der Waals surface area contributed by atoms with Crippen LogP contribution in [0.1, 0.15) is 18.1 Å². The predicted molar refractivity (Wildman–Crippen MR) is 49.7 cm³/mol. The van der Waals surface area contributed by atoms with Crippen LogP contribution in [0.3, 0.4) is 0 Å². The first-order valence-electron chi connectivity index (χ1n) is 4.21. The maximum absolute atomic E-state index is 9.48. The van der Waals surface area contributed by atoms with Crippen molar-refractivity contribution in [3.05, 3.63) is 29.8 Å². The largest absolute Gasteiger partial charge is 0.497 e. The first kappa shape index (κ1) is 10.0. The third-order valence-electron chi connectivity index (χ3n) is 1.90. The zero-order valence-corrected chi connectivity index (χ0v) is 7.60. The molecule has 3 heteroatoms. The highest BCUT2D eigenvalue weighted by Gasteiger charge is 2.05. The van der Waals surface area contributed by atoms with E-state index in [1.165, 1.54) is 0 Å². The maximum Gasteiger partial charge on any atom is 0.118 e. The van der Waals surface area contributed by atoms with E-state index in [9.17, 15) is 5.11 Å². The maximum atomic E-state index is 9.48. The zero-order valence-electron chi connectivity index (χ0n) is 7.60. The molecule has 72 valence electrons. The molecule has 1 rings (SSSR count). The van der Waals surface area contributed by atoms with Gasteiger partial charge in [0.15, 0.2) is 0 Å². The van der Waals surface area contributed by atoms with Gasteiger partial charge >= 0.3 is 0 Å². The average Bonchev–Trinajstić information content (AvgIpc) is 2.18. The van der Waals surface area contributed by atoms with Crippen LogP contribution < -0.4 is 4.74 Å². The van der Waals surface area contributed by atoms with Crippen molar-refractivity contribution in [3.63, 3.8) is 0 Å². The normalized spacial score (nSPS) is 12.5. The number of ether oxygens (including phenoxy) is 1. The smallest absolute Gasteiger partial charge is 0.118 e. The van der Waals surface area contributed by atoms with Gasteiger partial charge in [-0.2, -0.15) is 0 Å². The fourth-order valence-corrected chi connectivity index (χ4v) is 1.12. The van der Waals surface area contributed by atoms with Crippen molar-refractivity contribution in [2.75, 3.05) is 13.7 Å². The van der Waals surface area contributed by atoms with Crippen LogP contribution >= 0.6 is 0 Å². The van der Waals surface area contributed by atoms with E-state index in [1.807, 2.05) is 0 Å². The highest BCUT2D eigenvalue weighted by atomic mass is 16.5. The number of benzene rings is 1. The van der Waals surface area contributed by atoms with Crippen LogP contribution in [-0.2, 0) is 0 Å². The Bertz CT molecular complexity index is 243. The molecule has 0 bridgehead atoms. The summed E-state index contributed by atoms with van der Waals surface area (Å²) in [5.41, 5.74) is 0.801. The molecule has 1 aromatic rings. The Hall–Kier alpha value is -1.06. The second-order valence-electron chi connectivity index (χ2n) is 2.80. The fraction of sp³-hybridized carbons (Fsp3) is 0.400. The van der Waals surface area contributed by atoms with Crippen LogP contribution in [0.25, 0.3) is 0 Å². The topological polar surface area (TPSA) is 49.7 Å². The van der Waals surface area contributed by atoms with E-state index in [1.54, 1.807) is 31.4 Å². The van der Waals surface area contributed by atoms with Gasteiger partial charge in [-0.3, -0.25) is 0 Å². The molecule has 0 aliphatic rings. The van der Waals surface area contributed by atoms with E-state index in [-0.39, 0.29) is 6.61 Å². The molecule has 0 heterocycles. The SMILES string of the molecule is COc1ccc([C@@H](O)CCO)cc1. The summed E-state index contributed by atoms with van der Waals surface area (Å²) in [6.07, 6.45) is -0.220. The lowest BCUT2D eigenvalue weighted by molar-refractivity contribution is 0.134. The second-order valence-corrected chi connectivity index (χ2v) is 2.80. The molecule has 1 atom stereocenters. The van der Waals surface area contributed by atoms with E-state index >= 15 is 0 Å². The quantitative estimate of drug-likeness (QED) is 0.733. The van der Waals surface area contributed by atoms with Crippen molar-refractivity contribution >= 4 is 0 Å². The summed E-state index contributed by atoms with van der Waals surface area (Å²) in [4.78, 5) is 0. The first-order valence-corrected chi connectivity index (χ1v) is 4.21. The minimum absolute atomic E-state index is 0.00675. The second kappa shape index (κ2) is 4.84. The van der Waals surface area contributed by atoms with Gasteiger partial charge in [-0.25, -0.2) is 0 Å². The van der Waals surface area contributed by atoms with Crippen molar-refractivity contribution in [3.8, 4) is 5.75 Å². The fourth-order valence-electron chi connectivity index (χ4n) is 1.12. The van der Waals surface area contributed by atoms with Crippen LogP contribution in [0.15, 0.2) is 24.3 Å². The third kappa shape index (κ3) is 2.72. The molecular weight excluding hydrogens is 168 g/mol.